The zero-order valence-corrected chi connectivity index (χ0v) is 11.2. The van der Waals surface area contributed by atoms with Gasteiger partial charge in [0.25, 0.3) is 0 Å². The summed E-state index contributed by atoms with van der Waals surface area (Å²) in [5.41, 5.74) is 0.222. The maximum Gasteiger partial charge on any atom is 0.240 e. The third-order valence-electron chi connectivity index (χ3n) is 3.40. The number of halogens is 1. The van der Waals surface area contributed by atoms with Crippen LogP contribution in [0, 0.1) is 5.41 Å². The molecule has 0 spiro atoms. The van der Waals surface area contributed by atoms with Crippen LogP contribution >= 0.6 is 11.6 Å². The third-order valence-corrected chi connectivity index (χ3v) is 3.90. The third kappa shape index (κ3) is 3.36. The minimum absolute atomic E-state index is 0.0867. The summed E-state index contributed by atoms with van der Waals surface area (Å²) < 4.78 is 5.22. The standard InChI is InChI=1S/C12H22ClNO2/c1-4-10(13)11(15)14-7-5-12(2,6-8-14)9-16-3/h10H,4-9H2,1-3H3/t10-/m1/s1. The minimum atomic E-state index is -0.355. The van der Waals surface area contributed by atoms with E-state index in [4.69, 9.17) is 16.3 Å². The molecule has 0 aromatic carbocycles. The maximum atomic E-state index is 11.9. The summed E-state index contributed by atoms with van der Waals surface area (Å²) in [4.78, 5) is 13.7. The van der Waals surface area contributed by atoms with Gasteiger partial charge in [0.15, 0.2) is 0 Å². The number of methoxy groups -OCH3 is 1. The molecule has 0 aromatic rings. The first-order valence-corrected chi connectivity index (χ1v) is 6.38. The first-order valence-electron chi connectivity index (χ1n) is 5.94. The smallest absolute Gasteiger partial charge is 0.240 e. The molecule has 1 rings (SSSR count). The molecule has 94 valence electrons. The molecule has 1 fully saturated rings. The van der Waals surface area contributed by atoms with Crippen LogP contribution < -0.4 is 0 Å². The quantitative estimate of drug-likeness (QED) is 0.714. The van der Waals surface area contributed by atoms with Gasteiger partial charge < -0.3 is 9.64 Å². The van der Waals surface area contributed by atoms with E-state index in [1.807, 2.05) is 11.8 Å². The predicted molar refractivity (Wildman–Crippen MR) is 65.7 cm³/mol. The fraction of sp³-hybridized carbons (Fsp3) is 0.917. The summed E-state index contributed by atoms with van der Waals surface area (Å²) in [5.74, 6) is 0.0867. The van der Waals surface area contributed by atoms with Crippen molar-refractivity contribution >= 4 is 17.5 Å². The molecule has 4 heteroatoms. The van der Waals surface area contributed by atoms with Crippen molar-refractivity contribution in [2.75, 3.05) is 26.8 Å². The second-order valence-electron chi connectivity index (χ2n) is 4.94. The molecule has 0 bridgehead atoms. The average Bonchev–Trinajstić information content (AvgIpc) is 2.28. The number of alkyl halides is 1. The van der Waals surface area contributed by atoms with Gasteiger partial charge in [0.05, 0.1) is 6.61 Å². The zero-order valence-electron chi connectivity index (χ0n) is 10.5. The maximum absolute atomic E-state index is 11.9. The number of carbonyl (C=O) groups is 1. The Labute approximate surface area is 103 Å². The number of rotatable bonds is 4. The minimum Gasteiger partial charge on any atom is -0.384 e. The van der Waals surface area contributed by atoms with Crippen molar-refractivity contribution in [2.45, 2.75) is 38.5 Å². The van der Waals surface area contributed by atoms with Gasteiger partial charge in [-0.05, 0) is 24.7 Å². The highest BCUT2D eigenvalue weighted by molar-refractivity contribution is 6.30. The Morgan fingerprint density at radius 2 is 2.06 bits per heavy atom. The Balaban J connectivity index is 2.45. The first kappa shape index (κ1) is 13.8. The molecule has 0 aromatic heterocycles. The number of carbonyl (C=O) groups excluding carboxylic acids is 1. The molecule has 1 saturated heterocycles. The summed E-state index contributed by atoms with van der Waals surface area (Å²) in [5, 5.41) is -0.355. The highest BCUT2D eigenvalue weighted by Crippen LogP contribution is 2.31. The van der Waals surface area contributed by atoms with Crippen molar-refractivity contribution in [3.63, 3.8) is 0 Å². The topological polar surface area (TPSA) is 29.5 Å². The van der Waals surface area contributed by atoms with E-state index in [9.17, 15) is 4.79 Å². The van der Waals surface area contributed by atoms with Crippen molar-refractivity contribution in [3.8, 4) is 0 Å². The van der Waals surface area contributed by atoms with Crippen LogP contribution in [0.15, 0.2) is 0 Å². The summed E-state index contributed by atoms with van der Waals surface area (Å²) in [6.07, 6.45) is 2.70. The predicted octanol–water partition coefficient (Wildman–Crippen LogP) is 2.28. The van der Waals surface area contributed by atoms with Gasteiger partial charge in [0.1, 0.15) is 5.38 Å². The second kappa shape index (κ2) is 5.87. The number of piperidine rings is 1. The van der Waals surface area contributed by atoms with Crippen LogP contribution in [0.25, 0.3) is 0 Å². The summed E-state index contributed by atoms with van der Waals surface area (Å²) in [6, 6.07) is 0. The number of amides is 1. The highest BCUT2D eigenvalue weighted by atomic mass is 35.5. The lowest BCUT2D eigenvalue weighted by molar-refractivity contribution is -0.133. The molecule has 0 N–H and O–H groups in total. The van der Waals surface area contributed by atoms with Gasteiger partial charge in [-0.1, -0.05) is 13.8 Å². The lowest BCUT2D eigenvalue weighted by Gasteiger charge is -2.39. The Bertz CT molecular complexity index is 237. The molecular weight excluding hydrogens is 226 g/mol. The zero-order chi connectivity index (χ0) is 12.2. The van der Waals surface area contributed by atoms with E-state index in [-0.39, 0.29) is 16.7 Å². The molecule has 0 radical (unpaired) electrons. The SMILES string of the molecule is CC[C@@H](Cl)C(=O)N1CCC(C)(COC)CC1. The fourth-order valence-corrected chi connectivity index (χ4v) is 2.27. The van der Waals surface area contributed by atoms with E-state index in [0.717, 1.165) is 32.5 Å². The van der Waals surface area contributed by atoms with E-state index >= 15 is 0 Å². The lowest BCUT2D eigenvalue weighted by atomic mass is 9.81. The van der Waals surface area contributed by atoms with E-state index < -0.39 is 0 Å². The Hall–Kier alpha value is -0.280. The molecule has 0 unspecified atom stereocenters. The fourth-order valence-electron chi connectivity index (χ4n) is 2.13. The van der Waals surface area contributed by atoms with Crippen molar-refractivity contribution in [1.82, 2.24) is 4.90 Å². The summed E-state index contributed by atoms with van der Waals surface area (Å²) in [7, 11) is 1.73. The van der Waals surface area contributed by atoms with Gasteiger partial charge in [0.2, 0.25) is 5.91 Å². The number of likely N-dealkylation sites (tertiary alicyclic amines) is 1. The molecule has 0 aliphatic carbocycles. The number of hydrogen-bond donors (Lipinski definition) is 0. The van der Waals surface area contributed by atoms with Gasteiger partial charge in [-0.2, -0.15) is 0 Å². The molecule has 0 saturated carbocycles. The van der Waals surface area contributed by atoms with E-state index in [1.165, 1.54) is 0 Å². The highest BCUT2D eigenvalue weighted by Gasteiger charge is 2.33. The Morgan fingerprint density at radius 3 is 2.50 bits per heavy atom. The number of ether oxygens (including phenoxy) is 1. The average molecular weight is 248 g/mol. The van der Waals surface area contributed by atoms with Crippen LogP contribution in [-0.2, 0) is 9.53 Å². The molecule has 1 atom stereocenters. The monoisotopic (exact) mass is 247 g/mol. The molecular formula is C12H22ClNO2. The Kier molecular flexibility index (Phi) is 5.06. The molecule has 1 amide bonds. The number of hydrogen-bond acceptors (Lipinski definition) is 2. The number of nitrogens with zero attached hydrogens (tertiary/aromatic N) is 1. The normalized spacial score (nSPS) is 21.9. The second-order valence-corrected chi connectivity index (χ2v) is 5.47. The van der Waals surface area contributed by atoms with Crippen molar-refractivity contribution in [3.05, 3.63) is 0 Å². The van der Waals surface area contributed by atoms with Crippen LogP contribution in [0.3, 0.4) is 0 Å². The molecule has 1 aliphatic rings. The summed E-state index contributed by atoms with van der Waals surface area (Å²) in [6.45, 7) is 6.54. The van der Waals surface area contributed by atoms with Crippen LogP contribution in [0.4, 0.5) is 0 Å². The van der Waals surface area contributed by atoms with Gasteiger partial charge in [-0.3, -0.25) is 4.79 Å². The van der Waals surface area contributed by atoms with Crippen molar-refractivity contribution < 1.29 is 9.53 Å². The molecule has 1 aliphatic heterocycles. The summed E-state index contributed by atoms with van der Waals surface area (Å²) >= 11 is 5.97. The van der Waals surface area contributed by atoms with Crippen LogP contribution in [0.2, 0.25) is 0 Å². The van der Waals surface area contributed by atoms with Crippen LogP contribution in [-0.4, -0.2) is 43.0 Å². The lowest BCUT2D eigenvalue weighted by Crippen LogP contribution is -2.46. The van der Waals surface area contributed by atoms with E-state index in [1.54, 1.807) is 7.11 Å². The van der Waals surface area contributed by atoms with Crippen molar-refractivity contribution in [1.29, 1.82) is 0 Å². The van der Waals surface area contributed by atoms with Gasteiger partial charge >= 0.3 is 0 Å². The first-order chi connectivity index (χ1) is 7.52. The van der Waals surface area contributed by atoms with Crippen molar-refractivity contribution in [2.24, 2.45) is 5.41 Å². The molecule has 16 heavy (non-hydrogen) atoms. The van der Waals surface area contributed by atoms with E-state index in [2.05, 4.69) is 6.92 Å². The van der Waals surface area contributed by atoms with Gasteiger partial charge in [0, 0.05) is 20.2 Å². The van der Waals surface area contributed by atoms with Gasteiger partial charge in [-0.25, -0.2) is 0 Å². The molecule has 3 nitrogen and oxygen atoms in total. The van der Waals surface area contributed by atoms with Gasteiger partial charge in [-0.15, -0.1) is 11.6 Å². The van der Waals surface area contributed by atoms with Crippen LogP contribution in [0.5, 0.6) is 0 Å². The largest absolute Gasteiger partial charge is 0.384 e. The van der Waals surface area contributed by atoms with Crippen LogP contribution in [0.1, 0.15) is 33.1 Å². The van der Waals surface area contributed by atoms with E-state index in [0.29, 0.717) is 6.42 Å². The Morgan fingerprint density at radius 1 is 1.50 bits per heavy atom. The molecule has 1 heterocycles.